The second-order valence-corrected chi connectivity index (χ2v) is 7.23. The SMILES string of the molecule is C[NH+]1CCc2c(C#N)c(NCCOCCO)[nH+]c(NC[C@H]3CCCO3)c2C1. The van der Waals surface area contributed by atoms with Gasteiger partial charge in [-0.1, -0.05) is 0 Å². The molecule has 3 heterocycles. The average Bonchev–Trinajstić information content (AvgIpc) is 3.19. The monoisotopic (exact) mass is 377 g/mol. The van der Waals surface area contributed by atoms with E-state index in [1.165, 1.54) is 10.5 Å². The molecule has 0 spiro atoms. The Morgan fingerprint density at radius 2 is 2.22 bits per heavy atom. The van der Waals surface area contributed by atoms with Crippen molar-refractivity contribution in [1.29, 1.82) is 5.26 Å². The number of anilines is 2. The average molecular weight is 377 g/mol. The number of nitrogens with zero attached hydrogens (tertiary/aromatic N) is 1. The number of H-pyrrole nitrogens is 1. The molecule has 0 amide bonds. The largest absolute Gasteiger partial charge is 0.394 e. The van der Waals surface area contributed by atoms with Crippen LogP contribution in [0.1, 0.15) is 29.5 Å². The van der Waals surface area contributed by atoms with Crippen LogP contribution in [0.5, 0.6) is 0 Å². The van der Waals surface area contributed by atoms with Crippen molar-refractivity contribution in [1.82, 2.24) is 0 Å². The summed E-state index contributed by atoms with van der Waals surface area (Å²) in [5.74, 6) is 1.72. The Kier molecular flexibility index (Phi) is 7.24. The van der Waals surface area contributed by atoms with Gasteiger partial charge < -0.3 is 30.1 Å². The molecule has 1 aromatic heterocycles. The van der Waals surface area contributed by atoms with E-state index in [9.17, 15) is 5.26 Å². The predicted molar refractivity (Wildman–Crippen MR) is 101 cm³/mol. The molecule has 2 aliphatic heterocycles. The molecule has 5 N–H and O–H groups in total. The standard InChI is InChI=1S/C19H29N5O3/c1-24-6-4-15-16(11-20)18(21-5-9-26-10-7-25)23-19(17(15)13-24)22-12-14-3-2-8-27-14/h14,25H,2-10,12-13H2,1H3,(H2,21,22,23)/p+2/t14-/m1/s1. The fraction of sp³-hybridized carbons (Fsp3) is 0.684. The molecule has 27 heavy (non-hydrogen) atoms. The number of hydrogen-bond donors (Lipinski definition) is 4. The zero-order valence-electron chi connectivity index (χ0n) is 16.1. The summed E-state index contributed by atoms with van der Waals surface area (Å²) in [5, 5.41) is 25.4. The van der Waals surface area contributed by atoms with Crippen LogP contribution in [0.15, 0.2) is 0 Å². The van der Waals surface area contributed by atoms with Gasteiger partial charge in [0.2, 0.25) is 11.6 Å². The van der Waals surface area contributed by atoms with Gasteiger partial charge in [-0.3, -0.25) is 0 Å². The number of rotatable bonds is 9. The number of aromatic amines is 1. The highest BCUT2D eigenvalue weighted by Gasteiger charge is 2.29. The molecule has 2 aliphatic rings. The van der Waals surface area contributed by atoms with E-state index < -0.39 is 0 Å². The molecular formula is C19H31N5O3+2. The van der Waals surface area contributed by atoms with Crippen LogP contribution in [0, 0.1) is 11.3 Å². The van der Waals surface area contributed by atoms with Crippen molar-refractivity contribution in [2.24, 2.45) is 0 Å². The number of ether oxygens (including phenoxy) is 2. The van der Waals surface area contributed by atoms with Gasteiger partial charge in [-0.15, -0.1) is 0 Å². The maximum Gasteiger partial charge on any atom is 0.237 e. The molecule has 8 nitrogen and oxygen atoms in total. The molecule has 0 aliphatic carbocycles. The summed E-state index contributed by atoms with van der Waals surface area (Å²) in [6.45, 7) is 4.92. The van der Waals surface area contributed by atoms with Crippen molar-refractivity contribution in [3.63, 3.8) is 0 Å². The van der Waals surface area contributed by atoms with Gasteiger partial charge in [-0.05, 0) is 18.4 Å². The summed E-state index contributed by atoms with van der Waals surface area (Å²) in [6, 6.07) is 2.38. The quantitative estimate of drug-likeness (QED) is 0.410. The topological polar surface area (TPSA) is 105 Å². The van der Waals surface area contributed by atoms with Gasteiger partial charge in [0.1, 0.15) is 18.2 Å². The molecule has 1 unspecified atom stereocenters. The zero-order chi connectivity index (χ0) is 19.1. The lowest BCUT2D eigenvalue weighted by molar-refractivity contribution is -0.895. The van der Waals surface area contributed by atoms with E-state index in [2.05, 4.69) is 28.7 Å². The van der Waals surface area contributed by atoms with Crippen LogP contribution in [0.3, 0.4) is 0 Å². The Morgan fingerprint density at radius 1 is 1.33 bits per heavy atom. The van der Waals surface area contributed by atoms with Crippen molar-refractivity contribution in [2.75, 3.05) is 63.7 Å². The Bertz CT molecular complexity index is 670. The van der Waals surface area contributed by atoms with Crippen LogP contribution in [-0.2, 0) is 22.4 Å². The minimum atomic E-state index is 0.0154. The fourth-order valence-corrected chi connectivity index (χ4v) is 3.76. The molecule has 1 aromatic rings. The van der Waals surface area contributed by atoms with Crippen LogP contribution in [-0.4, -0.2) is 64.3 Å². The molecule has 148 valence electrons. The van der Waals surface area contributed by atoms with E-state index in [0.29, 0.717) is 25.3 Å². The molecule has 1 fully saturated rings. The highest BCUT2D eigenvalue weighted by atomic mass is 16.5. The smallest absolute Gasteiger partial charge is 0.237 e. The first-order valence-corrected chi connectivity index (χ1v) is 9.83. The highest BCUT2D eigenvalue weighted by molar-refractivity contribution is 5.60. The number of likely N-dealkylation sites (N-methyl/N-ethyl adjacent to an activating group) is 1. The number of quaternary nitrogens is 1. The Balaban J connectivity index is 1.79. The highest BCUT2D eigenvalue weighted by Crippen LogP contribution is 2.26. The van der Waals surface area contributed by atoms with Crippen molar-refractivity contribution in [3.05, 3.63) is 16.7 Å². The molecule has 2 atom stereocenters. The van der Waals surface area contributed by atoms with E-state index in [0.717, 1.165) is 62.7 Å². The van der Waals surface area contributed by atoms with Crippen molar-refractivity contribution in [3.8, 4) is 6.07 Å². The molecule has 0 aromatic carbocycles. The molecule has 3 rings (SSSR count). The van der Waals surface area contributed by atoms with E-state index in [4.69, 9.17) is 14.6 Å². The van der Waals surface area contributed by atoms with Gasteiger partial charge in [0.25, 0.3) is 0 Å². The van der Waals surface area contributed by atoms with Crippen LogP contribution in [0.4, 0.5) is 11.6 Å². The van der Waals surface area contributed by atoms with E-state index >= 15 is 0 Å². The van der Waals surface area contributed by atoms with Gasteiger partial charge in [-0.25, -0.2) is 4.98 Å². The predicted octanol–water partition coefficient (Wildman–Crippen LogP) is -1.05. The number of aliphatic hydroxyl groups excluding tert-OH is 1. The van der Waals surface area contributed by atoms with E-state index in [1.54, 1.807) is 0 Å². The molecule has 0 saturated carbocycles. The number of nitrogens with one attached hydrogen (secondary N) is 4. The zero-order valence-corrected chi connectivity index (χ0v) is 16.1. The summed E-state index contributed by atoms with van der Waals surface area (Å²) in [7, 11) is 2.18. The summed E-state index contributed by atoms with van der Waals surface area (Å²) >= 11 is 0. The number of nitriles is 1. The third kappa shape index (κ3) is 5.08. The van der Waals surface area contributed by atoms with Gasteiger partial charge >= 0.3 is 0 Å². The minimum absolute atomic E-state index is 0.0154. The summed E-state index contributed by atoms with van der Waals surface area (Å²) in [4.78, 5) is 4.85. The van der Waals surface area contributed by atoms with Crippen LogP contribution in [0.25, 0.3) is 0 Å². The third-order valence-corrected chi connectivity index (χ3v) is 5.17. The lowest BCUT2D eigenvalue weighted by atomic mass is 9.96. The van der Waals surface area contributed by atoms with Gasteiger partial charge in [0, 0.05) is 13.0 Å². The Hall–Kier alpha value is -1.92. The maximum absolute atomic E-state index is 9.75. The molecule has 1 saturated heterocycles. The number of aromatic nitrogens is 1. The Morgan fingerprint density at radius 3 is 2.96 bits per heavy atom. The summed E-state index contributed by atoms with van der Waals surface area (Å²) in [5.41, 5.74) is 3.04. The maximum atomic E-state index is 9.75. The molecular weight excluding hydrogens is 346 g/mol. The third-order valence-electron chi connectivity index (χ3n) is 5.17. The lowest BCUT2D eigenvalue weighted by Crippen LogP contribution is -3.08. The molecule has 0 radical (unpaired) electrons. The first kappa shape index (κ1) is 19.8. The number of fused-ring (bicyclic) bond motifs is 1. The van der Waals surface area contributed by atoms with Crippen molar-refractivity contribution >= 4 is 11.6 Å². The van der Waals surface area contributed by atoms with Gasteiger partial charge in [0.15, 0.2) is 0 Å². The number of hydrogen-bond acceptors (Lipinski definition) is 6. The van der Waals surface area contributed by atoms with E-state index in [1.807, 2.05) is 0 Å². The summed E-state index contributed by atoms with van der Waals surface area (Å²) < 4.78 is 11.0. The van der Waals surface area contributed by atoms with Crippen LogP contribution in [0.2, 0.25) is 0 Å². The van der Waals surface area contributed by atoms with Crippen LogP contribution < -0.4 is 20.5 Å². The first-order chi connectivity index (χ1) is 13.2. The van der Waals surface area contributed by atoms with E-state index in [-0.39, 0.29) is 12.7 Å². The second kappa shape index (κ2) is 9.85. The summed E-state index contributed by atoms with van der Waals surface area (Å²) in [6.07, 6.45) is 3.35. The first-order valence-electron chi connectivity index (χ1n) is 9.83. The fourth-order valence-electron chi connectivity index (χ4n) is 3.76. The molecule has 0 bridgehead atoms. The number of pyridine rings is 1. The van der Waals surface area contributed by atoms with Crippen molar-refractivity contribution < 1.29 is 24.5 Å². The number of aliphatic hydroxyl groups is 1. The minimum Gasteiger partial charge on any atom is -0.394 e. The Labute approximate surface area is 160 Å². The lowest BCUT2D eigenvalue weighted by Gasteiger charge is -2.24. The van der Waals surface area contributed by atoms with Crippen LogP contribution >= 0.6 is 0 Å². The normalized spacial score (nSPS) is 21.5. The second-order valence-electron chi connectivity index (χ2n) is 7.23. The van der Waals surface area contributed by atoms with Crippen molar-refractivity contribution in [2.45, 2.75) is 31.9 Å². The molecule has 8 heteroatoms. The van der Waals surface area contributed by atoms with Gasteiger partial charge in [0.05, 0.1) is 58.2 Å². The van der Waals surface area contributed by atoms with Gasteiger partial charge in [-0.2, -0.15) is 5.26 Å².